The van der Waals surface area contributed by atoms with E-state index in [-0.39, 0.29) is 5.78 Å². The third-order valence-corrected chi connectivity index (χ3v) is 3.55. The summed E-state index contributed by atoms with van der Waals surface area (Å²) in [6.07, 6.45) is 0. The molecule has 0 aromatic heterocycles. The van der Waals surface area contributed by atoms with Gasteiger partial charge in [0.25, 0.3) is 0 Å². The van der Waals surface area contributed by atoms with Crippen LogP contribution in [0.3, 0.4) is 0 Å². The van der Waals surface area contributed by atoms with E-state index in [0.29, 0.717) is 0 Å². The number of hydrogen-bond acceptors (Lipinski definition) is 2. The van der Waals surface area contributed by atoms with Gasteiger partial charge in [-0.3, -0.25) is 4.79 Å². The highest BCUT2D eigenvalue weighted by Gasteiger charge is 2.16. The molecule has 0 aliphatic carbocycles. The quantitative estimate of drug-likeness (QED) is 0.602. The summed E-state index contributed by atoms with van der Waals surface area (Å²) < 4.78 is 0. The molecule has 2 nitrogen and oxygen atoms in total. The van der Waals surface area contributed by atoms with Crippen molar-refractivity contribution in [3.05, 3.63) is 90.5 Å². The van der Waals surface area contributed by atoms with E-state index in [2.05, 4.69) is 4.90 Å². The third-order valence-electron chi connectivity index (χ3n) is 3.55. The van der Waals surface area contributed by atoms with Crippen molar-refractivity contribution in [2.75, 3.05) is 4.90 Å². The van der Waals surface area contributed by atoms with Gasteiger partial charge in [-0.1, -0.05) is 48.5 Å². The zero-order valence-corrected chi connectivity index (χ0v) is 12.4. The summed E-state index contributed by atoms with van der Waals surface area (Å²) in [6, 6.07) is 27.9. The van der Waals surface area contributed by atoms with E-state index in [4.69, 9.17) is 0 Å². The molecule has 0 heterocycles. The Morgan fingerprint density at radius 3 is 1.64 bits per heavy atom. The maximum Gasteiger partial charge on any atom is 0.161 e. The van der Waals surface area contributed by atoms with Gasteiger partial charge in [0.2, 0.25) is 0 Å². The van der Waals surface area contributed by atoms with Gasteiger partial charge in [-0.2, -0.15) is 0 Å². The molecule has 0 bridgehead atoms. The topological polar surface area (TPSA) is 20.3 Å². The molecule has 0 unspecified atom stereocenters. The van der Waals surface area contributed by atoms with Crippen LogP contribution in [0, 0.1) is 0 Å². The summed E-state index contributed by atoms with van der Waals surface area (Å²) in [7, 11) is 0. The SMILES string of the molecule is CC(=O)c1ccccc1N(c1ccccc1)c1ccccc1. The second-order valence-electron chi connectivity index (χ2n) is 5.08. The molecule has 0 amide bonds. The molecule has 0 atom stereocenters. The molecule has 0 N–H and O–H groups in total. The van der Waals surface area contributed by atoms with Crippen LogP contribution in [0.4, 0.5) is 17.1 Å². The molecule has 3 rings (SSSR count). The average Bonchev–Trinajstić information content (AvgIpc) is 2.57. The number of para-hydroxylation sites is 3. The predicted molar refractivity (Wildman–Crippen MR) is 91.1 cm³/mol. The third kappa shape index (κ3) is 2.77. The number of carbonyl (C=O) groups excluding carboxylic acids is 1. The number of nitrogens with zero attached hydrogens (tertiary/aromatic N) is 1. The highest BCUT2D eigenvalue weighted by Crippen LogP contribution is 2.36. The fraction of sp³-hybridized carbons (Fsp3) is 0.0500. The molecule has 0 saturated carbocycles. The lowest BCUT2D eigenvalue weighted by atomic mass is 10.1. The number of Topliss-reactive ketones (excluding diaryl/α,β-unsaturated/α-hetero) is 1. The number of carbonyl (C=O) groups is 1. The van der Waals surface area contributed by atoms with Crippen molar-refractivity contribution in [1.29, 1.82) is 0 Å². The number of rotatable bonds is 4. The fourth-order valence-corrected chi connectivity index (χ4v) is 2.55. The smallest absolute Gasteiger partial charge is 0.161 e. The molecule has 0 saturated heterocycles. The molecule has 3 aromatic carbocycles. The Labute approximate surface area is 130 Å². The van der Waals surface area contributed by atoms with Crippen molar-refractivity contribution >= 4 is 22.8 Å². The van der Waals surface area contributed by atoms with Gasteiger partial charge in [-0.05, 0) is 43.3 Å². The van der Waals surface area contributed by atoms with E-state index in [0.717, 1.165) is 22.6 Å². The van der Waals surface area contributed by atoms with Crippen LogP contribution in [0.15, 0.2) is 84.9 Å². The zero-order chi connectivity index (χ0) is 15.4. The summed E-state index contributed by atoms with van der Waals surface area (Å²) in [5.74, 6) is 0.0625. The summed E-state index contributed by atoms with van der Waals surface area (Å²) in [5.41, 5.74) is 3.67. The number of hydrogen-bond donors (Lipinski definition) is 0. The Bertz CT molecular complexity index is 726. The monoisotopic (exact) mass is 287 g/mol. The van der Waals surface area contributed by atoms with Gasteiger partial charge in [0.1, 0.15) is 0 Å². The standard InChI is InChI=1S/C20H17NO/c1-16(22)19-14-8-9-15-20(19)21(17-10-4-2-5-11-17)18-12-6-3-7-13-18/h2-15H,1H3. The van der Waals surface area contributed by atoms with Gasteiger partial charge in [-0.25, -0.2) is 0 Å². The van der Waals surface area contributed by atoms with Crippen LogP contribution in [-0.4, -0.2) is 5.78 Å². The highest BCUT2D eigenvalue weighted by atomic mass is 16.1. The number of ketones is 1. The van der Waals surface area contributed by atoms with Crippen LogP contribution in [-0.2, 0) is 0 Å². The molecule has 0 aliphatic heterocycles. The number of anilines is 3. The Kier molecular flexibility index (Phi) is 4.01. The van der Waals surface area contributed by atoms with Crippen molar-refractivity contribution in [3.8, 4) is 0 Å². The Hall–Kier alpha value is -2.87. The molecule has 3 aromatic rings. The van der Waals surface area contributed by atoms with E-state index < -0.39 is 0 Å². The largest absolute Gasteiger partial charge is 0.310 e. The molecular formula is C20H17NO. The molecule has 0 spiro atoms. The molecule has 0 aliphatic rings. The highest BCUT2D eigenvalue weighted by molar-refractivity contribution is 6.01. The Balaban J connectivity index is 2.21. The normalized spacial score (nSPS) is 10.2. The first-order valence-electron chi connectivity index (χ1n) is 7.27. The first-order valence-corrected chi connectivity index (χ1v) is 7.27. The second-order valence-corrected chi connectivity index (χ2v) is 5.08. The van der Waals surface area contributed by atoms with Gasteiger partial charge in [0.05, 0.1) is 5.69 Å². The van der Waals surface area contributed by atoms with Crippen LogP contribution in [0.5, 0.6) is 0 Å². The molecule has 108 valence electrons. The van der Waals surface area contributed by atoms with Gasteiger partial charge in [0.15, 0.2) is 5.78 Å². The minimum Gasteiger partial charge on any atom is -0.310 e. The van der Waals surface area contributed by atoms with Crippen molar-refractivity contribution in [1.82, 2.24) is 0 Å². The van der Waals surface area contributed by atoms with Gasteiger partial charge < -0.3 is 4.90 Å². The van der Waals surface area contributed by atoms with Crippen molar-refractivity contribution in [3.63, 3.8) is 0 Å². The lowest BCUT2D eigenvalue weighted by Crippen LogP contribution is -2.13. The molecular weight excluding hydrogens is 270 g/mol. The van der Waals surface area contributed by atoms with Gasteiger partial charge in [-0.15, -0.1) is 0 Å². The molecule has 0 fully saturated rings. The van der Waals surface area contributed by atoms with Crippen molar-refractivity contribution in [2.24, 2.45) is 0 Å². The molecule has 0 radical (unpaired) electrons. The summed E-state index contributed by atoms with van der Waals surface area (Å²) >= 11 is 0. The van der Waals surface area contributed by atoms with E-state index in [1.54, 1.807) is 6.92 Å². The van der Waals surface area contributed by atoms with Crippen LogP contribution in [0.2, 0.25) is 0 Å². The lowest BCUT2D eigenvalue weighted by Gasteiger charge is -2.27. The molecule has 22 heavy (non-hydrogen) atoms. The van der Waals surface area contributed by atoms with Crippen LogP contribution >= 0.6 is 0 Å². The van der Waals surface area contributed by atoms with E-state index >= 15 is 0 Å². The zero-order valence-electron chi connectivity index (χ0n) is 12.4. The minimum atomic E-state index is 0.0625. The maximum absolute atomic E-state index is 12.0. The first-order chi connectivity index (χ1) is 10.8. The predicted octanol–water partition coefficient (Wildman–Crippen LogP) is 5.36. The molecule has 2 heteroatoms. The minimum absolute atomic E-state index is 0.0625. The number of benzene rings is 3. The average molecular weight is 287 g/mol. The van der Waals surface area contributed by atoms with Crippen LogP contribution in [0.25, 0.3) is 0 Å². The van der Waals surface area contributed by atoms with E-state index in [9.17, 15) is 4.79 Å². The second kappa shape index (κ2) is 6.27. The van der Waals surface area contributed by atoms with E-state index in [1.807, 2.05) is 84.9 Å². The summed E-state index contributed by atoms with van der Waals surface area (Å²) in [4.78, 5) is 14.1. The van der Waals surface area contributed by atoms with Gasteiger partial charge in [0, 0.05) is 16.9 Å². The fourth-order valence-electron chi connectivity index (χ4n) is 2.55. The summed E-state index contributed by atoms with van der Waals surface area (Å²) in [5, 5.41) is 0. The maximum atomic E-state index is 12.0. The van der Waals surface area contributed by atoms with Crippen LogP contribution < -0.4 is 4.90 Å². The van der Waals surface area contributed by atoms with Gasteiger partial charge >= 0.3 is 0 Å². The van der Waals surface area contributed by atoms with Crippen molar-refractivity contribution < 1.29 is 4.79 Å². The van der Waals surface area contributed by atoms with E-state index in [1.165, 1.54) is 0 Å². The summed E-state index contributed by atoms with van der Waals surface area (Å²) in [6.45, 7) is 1.60. The lowest BCUT2D eigenvalue weighted by molar-refractivity contribution is 0.101. The first kappa shape index (κ1) is 14.1. The Morgan fingerprint density at radius 1 is 0.682 bits per heavy atom. The Morgan fingerprint density at radius 2 is 1.14 bits per heavy atom. The van der Waals surface area contributed by atoms with Crippen LogP contribution in [0.1, 0.15) is 17.3 Å². The van der Waals surface area contributed by atoms with Crippen molar-refractivity contribution in [2.45, 2.75) is 6.92 Å².